The van der Waals surface area contributed by atoms with Gasteiger partial charge in [-0.2, -0.15) is 0 Å². The van der Waals surface area contributed by atoms with Gasteiger partial charge in [0.05, 0.1) is 13.2 Å². The minimum Gasteiger partial charge on any atom is -0.497 e. The standard InChI is InChI=1S/C16H22N2O3/c1-3-4-5-15(19)17-12-10-16(20)18(11-12)13-6-8-14(21-2)9-7-13/h6-9,12H,3-5,10-11H2,1-2H3,(H,17,19)/t12-/m0/s1. The van der Waals surface area contributed by atoms with Crippen LogP contribution in [0, 0.1) is 0 Å². The van der Waals surface area contributed by atoms with Crippen molar-refractivity contribution in [2.45, 2.75) is 38.6 Å². The van der Waals surface area contributed by atoms with Crippen LogP contribution in [0.3, 0.4) is 0 Å². The maximum absolute atomic E-state index is 12.1. The van der Waals surface area contributed by atoms with E-state index in [1.165, 1.54) is 0 Å². The number of hydrogen-bond acceptors (Lipinski definition) is 3. The van der Waals surface area contributed by atoms with Crippen molar-refractivity contribution in [2.24, 2.45) is 0 Å². The Bertz CT molecular complexity index is 499. The summed E-state index contributed by atoms with van der Waals surface area (Å²) in [7, 11) is 1.61. The first-order valence-electron chi connectivity index (χ1n) is 7.37. The molecule has 1 fully saturated rings. The van der Waals surface area contributed by atoms with Gasteiger partial charge in [-0.3, -0.25) is 9.59 Å². The van der Waals surface area contributed by atoms with E-state index in [9.17, 15) is 9.59 Å². The smallest absolute Gasteiger partial charge is 0.229 e. The second kappa shape index (κ2) is 7.11. The van der Waals surface area contributed by atoms with E-state index in [2.05, 4.69) is 12.2 Å². The van der Waals surface area contributed by atoms with Gasteiger partial charge in [0.1, 0.15) is 5.75 Å². The third-order valence-electron chi connectivity index (χ3n) is 3.63. The van der Waals surface area contributed by atoms with Gasteiger partial charge in [0.15, 0.2) is 0 Å². The summed E-state index contributed by atoms with van der Waals surface area (Å²) in [6, 6.07) is 7.28. The number of carbonyl (C=O) groups excluding carboxylic acids is 2. The highest BCUT2D eigenvalue weighted by atomic mass is 16.5. The Morgan fingerprint density at radius 2 is 2.10 bits per heavy atom. The van der Waals surface area contributed by atoms with Gasteiger partial charge in [0.25, 0.3) is 0 Å². The lowest BCUT2D eigenvalue weighted by Gasteiger charge is -2.17. The van der Waals surface area contributed by atoms with Crippen LogP contribution in [0.2, 0.25) is 0 Å². The molecule has 0 radical (unpaired) electrons. The number of hydrogen-bond donors (Lipinski definition) is 1. The van der Waals surface area contributed by atoms with E-state index in [1.54, 1.807) is 12.0 Å². The second-order valence-corrected chi connectivity index (χ2v) is 5.27. The SMILES string of the molecule is CCCCC(=O)N[C@H]1CC(=O)N(c2ccc(OC)cc2)C1. The molecule has 0 spiro atoms. The van der Waals surface area contributed by atoms with Crippen LogP contribution in [0.5, 0.6) is 5.75 Å². The molecule has 1 heterocycles. The highest BCUT2D eigenvalue weighted by Gasteiger charge is 2.31. The van der Waals surface area contributed by atoms with Gasteiger partial charge < -0.3 is 15.0 Å². The molecule has 114 valence electrons. The van der Waals surface area contributed by atoms with Gasteiger partial charge in [-0.1, -0.05) is 13.3 Å². The lowest BCUT2D eigenvalue weighted by Crippen LogP contribution is -2.37. The van der Waals surface area contributed by atoms with Crippen LogP contribution in [-0.4, -0.2) is 31.5 Å². The molecule has 1 saturated heterocycles. The molecular formula is C16H22N2O3. The molecule has 5 heteroatoms. The summed E-state index contributed by atoms with van der Waals surface area (Å²) >= 11 is 0. The number of ether oxygens (including phenoxy) is 1. The Hall–Kier alpha value is -2.04. The molecule has 1 aromatic carbocycles. The summed E-state index contributed by atoms with van der Waals surface area (Å²) in [6.07, 6.45) is 2.78. The molecule has 0 unspecified atom stereocenters. The molecule has 1 atom stereocenters. The second-order valence-electron chi connectivity index (χ2n) is 5.27. The molecule has 21 heavy (non-hydrogen) atoms. The number of benzene rings is 1. The lowest BCUT2D eigenvalue weighted by atomic mass is 10.2. The quantitative estimate of drug-likeness (QED) is 0.873. The Kier molecular flexibility index (Phi) is 5.20. The van der Waals surface area contributed by atoms with Crippen LogP contribution >= 0.6 is 0 Å². The highest BCUT2D eigenvalue weighted by molar-refractivity contribution is 5.96. The van der Waals surface area contributed by atoms with Gasteiger partial charge in [0, 0.05) is 25.1 Å². The Morgan fingerprint density at radius 1 is 1.38 bits per heavy atom. The molecule has 2 rings (SSSR count). The molecular weight excluding hydrogens is 268 g/mol. The van der Waals surface area contributed by atoms with E-state index in [0.717, 1.165) is 24.3 Å². The van der Waals surface area contributed by atoms with Gasteiger partial charge in [0.2, 0.25) is 11.8 Å². The van der Waals surface area contributed by atoms with Crippen molar-refractivity contribution in [2.75, 3.05) is 18.6 Å². The predicted molar refractivity (Wildman–Crippen MR) is 81.4 cm³/mol. The number of carbonyl (C=O) groups is 2. The van der Waals surface area contributed by atoms with E-state index in [1.807, 2.05) is 24.3 Å². The summed E-state index contributed by atoms with van der Waals surface area (Å²) in [5, 5.41) is 2.94. The average Bonchev–Trinajstić information content (AvgIpc) is 2.85. The predicted octanol–water partition coefficient (Wildman–Crippen LogP) is 2.11. The fourth-order valence-electron chi connectivity index (χ4n) is 2.45. The first-order chi connectivity index (χ1) is 10.1. The van der Waals surface area contributed by atoms with Crippen LogP contribution in [0.25, 0.3) is 0 Å². The van der Waals surface area contributed by atoms with Crippen molar-refractivity contribution < 1.29 is 14.3 Å². The van der Waals surface area contributed by atoms with Crippen molar-refractivity contribution >= 4 is 17.5 Å². The maximum atomic E-state index is 12.1. The molecule has 1 aliphatic rings. The topological polar surface area (TPSA) is 58.6 Å². The Balaban J connectivity index is 1.94. The maximum Gasteiger partial charge on any atom is 0.229 e. The molecule has 0 saturated carbocycles. The zero-order chi connectivity index (χ0) is 15.2. The summed E-state index contributed by atoms with van der Waals surface area (Å²) in [5.74, 6) is 0.835. The van der Waals surface area contributed by atoms with Gasteiger partial charge >= 0.3 is 0 Å². The molecule has 0 aliphatic carbocycles. The first-order valence-corrected chi connectivity index (χ1v) is 7.37. The highest BCUT2D eigenvalue weighted by Crippen LogP contribution is 2.24. The first kappa shape index (κ1) is 15.4. The number of unbranched alkanes of at least 4 members (excludes halogenated alkanes) is 1. The monoisotopic (exact) mass is 290 g/mol. The Labute approximate surface area is 125 Å². The molecule has 2 amide bonds. The average molecular weight is 290 g/mol. The number of nitrogens with zero attached hydrogens (tertiary/aromatic N) is 1. The van der Waals surface area contributed by atoms with Crippen LogP contribution in [0.1, 0.15) is 32.6 Å². The van der Waals surface area contributed by atoms with Crippen molar-refractivity contribution in [1.82, 2.24) is 5.32 Å². The lowest BCUT2D eigenvalue weighted by molar-refractivity contribution is -0.121. The van der Waals surface area contributed by atoms with Crippen LogP contribution in [0.15, 0.2) is 24.3 Å². The van der Waals surface area contributed by atoms with Gasteiger partial charge in [-0.05, 0) is 30.7 Å². The number of anilines is 1. The minimum absolute atomic E-state index is 0.0335. The molecule has 0 aromatic heterocycles. The summed E-state index contributed by atoms with van der Waals surface area (Å²) in [4.78, 5) is 25.5. The van der Waals surface area contributed by atoms with Gasteiger partial charge in [-0.15, -0.1) is 0 Å². The van der Waals surface area contributed by atoms with E-state index < -0.39 is 0 Å². The summed E-state index contributed by atoms with van der Waals surface area (Å²) in [6.45, 7) is 2.58. The van der Waals surface area contributed by atoms with E-state index >= 15 is 0 Å². The van der Waals surface area contributed by atoms with Gasteiger partial charge in [-0.25, -0.2) is 0 Å². The largest absolute Gasteiger partial charge is 0.497 e. The minimum atomic E-state index is -0.0936. The van der Waals surface area contributed by atoms with E-state index in [-0.39, 0.29) is 17.9 Å². The van der Waals surface area contributed by atoms with Crippen molar-refractivity contribution in [1.29, 1.82) is 0 Å². The molecule has 0 bridgehead atoms. The zero-order valence-corrected chi connectivity index (χ0v) is 12.6. The third-order valence-corrected chi connectivity index (χ3v) is 3.63. The zero-order valence-electron chi connectivity index (χ0n) is 12.6. The fraction of sp³-hybridized carbons (Fsp3) is 0.500. The number of methoxy groups -OCH3 is 1. The third kappa shape index (κ3) is 3.97. The van der Waals surface area contributed by atoms with Crippen molar-refractivity contribution in [3.05, 3.63) is 24.3 Å². The van der Waals surface area contributed by atoms with E-state index in [0.29, 0.717) is 19.4 Å². The van der Waals surface area contributed by atoms with Crippen LogP contribution in [-0.2, 0) is 9.59 Å². The fourth-order valence-corrected chi connectivity index (χ4v) is 2.45. The number of amides is 2. The molecule has 1 aromatic rings. The number of rotatable bonds is 6. The summed E-state index contributed by atoms with van der Waals surface area (Å²) in [5.41, 5.74) is 0.839. The van der Waals surface area contributed by atoms with E-state index in [4.69, 9.17) is 4.74 Å². The summed E-state index contributed by atoms with van der Waals surface area (Å²) < 4.78 is 5.11. The molecule has 5 nitrogen and oxygen atoms in total. The van der Waals surface area contributed by atoms with Crippen molar-refractivity contribution in [3.8, 4) is 5.75 Å². The van der Waals surface area contributed by atoms with Crippen LogP contribution < -0.4 is 15.0 Å². The van der Waals surface area contributed by atoms with Crippen LogP contribution in [0.4, 0.5) is 5.69 Å². The normalized spacial score (nSPS) is 17.9. The van der Waals surface area contributed by atoms with Crippen molar-refractivity contribution in [3.63, 3.8) is 0 Å². The molecule has 1 aliphatic heterocycles. The number of nitrogens with one attached hydrogen (secondary N) is 1. The molecule has 1 N–H and O–H groups in total. The Morgan fingerprint density at radius 3 is 2.71 bits per heavy atom.